The molecule has 2 heterocycles. The van der Waals surface area contributed by atoms with Gasteiger partial charge in [0.1, 0.15) is 23.5 Å². The van der Waals surface area contributed by atoms with E-state index in [9.17, 15) is 9.59 Å². The van der Waals surface area contributed by atoms with E-state index in [-0.39, 0.29) is 5.56 Å². The minimum absolute atomic E-state index is 0.0217. The number of likely N-dealkylation sites (tertiary alicyclic amines) is 1. The van der Waals surface area contributed by atoms with Crippen LogP contribution in [-0.4, -0.2) is 36.9 Å². The zero-order chi connectivity index (χ0) is 20.8. The highest BCUT2D eigenvalue weighted by molar-refractivity contribution is 6.07. The van der Waals surface area contributed by atoms with E-state index in [1.54, 1.807) is 24.3 Å². The summed E-state index contributed by atoms with van der Waals surface area (Å²) in [7, 11) is 0. The first-order chi connectivity index (χ1) is 14.7. The number of hydrogen-bond donors (Lipinski definition) is 0. The zero-order valence-electron chi connectivity index (χ0n) is 16.9. The number of ether oxygens (including phenoxy) is 1. The summed E-state index contributed by atoms with van der Waals surface area (Å²) >= 11 is 0. The first kappa shape index (κ1) is 20.1. The molecular formula is C25H25NO4. The van der Waals surface area contributed by atoms with E-state index in [1.165, 1.54) is 25.3 Å². The largest absolute Gasteiger partial charge is 0.492 e. The molecule has 0 spiro atoms. The quantitative estimate of drug-likeness (QED) is 0.329. The lowest BCUT2D eigenvalue weighted by molar-refractivity contribution is 0.104. The average molecular weight is 403 g/mol. The highest BCUT2D eigenvalue weighted by atomic mass is 16.5. The molecule has 1 saturated heterocycles. The maximum atomic E-state index is 12.6. The topological polar surface area (TPSA) is 59.8 Å². The van der Waals surface area contributed by atoms with Crippen LogP contribution in [0.25, 0.3) is 17.0 Å². The van der Waals surface area contributed by atoms with Crippen LogP contribution in [0.4, 0.5) is 0 Å². The van der Waals surface area contributed by atoms with Gasteiger partial charge in [0.15, 0.2) is 5.78 Å². The Bertz CT molecular complexity index is 1110. The number of piperidine rings is 1. The van der Waals surface area contributed by atoms with Crippen molar-refractivity contribution in [3.63, 3.8) is 0 Å². The van der Waals surface area contributed by atoms with Crippen molar-refractivity contribution >= 4 is 22.8 Å². The molecule has 0 amide bonds. The first-order valence-electron chi connectivity index (χ1n) is 10.4. The number of carbonyl (C=O) groups excluding carboxylic acids is 1. The fourth-order valence-corrected chi connectivity index (χ4v) is 3.71. The molecule has 154 valence electrons. The molecule has 0 radical (unpaired) electrons. The Hall–Kier alpha value is -3.18. The van der Waals surface area contributed by atoms with Gasteiger partial charge in [0, 0.05) is 17.5 Å². The van der Waals surface area contributed by atoms with E-state index in [1.807, 2.05) is 36.4 Å². The van der Waals surface area contributed by atoms with Gasteiger partial charge < -0.3 is 9.15 Å². The highest BCUT2D eigenvalue weighted by Gasteiger charge is 2.12. The second-order valence-electron chi connectivity index (χ2n) is 7.47. The Kier molecular flexibility index (Phi) is 6.40. The van der Waals surface area contributed by atoms with Crippen LogP contribution < -0.4 is 10.4 Å². The molecule has 2 aromatic carbocycles. The number of benzene rings is 2. The van der Waals surface area contributed by atoms with Crippen LogP contribution in [0.1, 0.15) is 35.2 Å². The van der Waals surface area contributed by atoms with Gasteiger partial charge in [-0.3, -0.25) is 9.69 Å². The molecule has 0 bridgehead atoms. The molecule has 30 heavy (non-hydrogen) atoms. The molecule has 5 heteroatoms. The molecule has 4 rings (SSSR count). The van der Waals surface area contributed by atoms with E-state index in [0.717, 1.165) is 36.3 Å². The summed E-state index contributed by atoms with van der Waals surface area (Å²) in [5, 5.41) is 0.718. The van der Waals surface area contributed by atoms with Gasteiger partial charge in [-0.15, -0.1) is 0 Å². The van der Waals surface area contributed by atoms with Crippen molar-refractivity contribution in [1.29, 1.82) is 0 Å². The van der Waals surface area contributed by atoms with Gasteiger partial charge >= 0.3 is 5.63 Å². The summed E-state index contributed by atoms with van der Waals surface area (Å²) in [4.78, 5) is 27.2. The van der Waals surface area contributed by atoms with Gasteiger partial charge in [0.05, 0.1) is 0 Å². The minimum Gasteiger partial charge on any atom is -0.492 e. The second-order valence-corrected chi connectivity index (χ2v) is 7.47. The molecule has 0 aliphatic carbocycles. The van der Waals surface area contributed by atoms with E-state index in [2.05, 4.69) is 4.90 Å². The summed E-state index contributed by atoms with van der Waals surface area (Å²) in [5.74, 6) is 0.335. The van der Waals surface area contributed by atoms with Gasteiger partial charge in [-0.05, 0) is 56.3 Å². The lowest BCUT2D eigenvalue weighted by atomic mass is 10.1. The van der Waals surface area contributed by atoms with Crippen molar-refractivity contribution < 1.29 is 13.9 Å². The van der Waals surface area contributed by atoms with Crippen LogP contribution in [0.3, 0.4) is 0 Å². The van der Waals surface area contributed by atoms with Crippen LogP contribution in [-0.2, 0) is 0 Å². The number of allylic oxidation sites excluding steroid dienone is 1. The van der Waals surface area contributed by atoms with Crippen LogP contribution in [0.2, 0.25) is 0 Å². The summed E-state index contributed by atoms with van der Waals surface area (Å²) in [5.41, 5.74) is 0.660. The lowest BCUT2D eigenvalue weighted by Gasteiger charge is -2.26. The monoisotopic (exact) mass is 403 g/mol. The Morgan fingerprint density at radius 3 is 2.67 bits per heavy atom. The van der Waals surface area contributed by atoms with Gasteiger partial charge in [-0.25, -0.2) is 4.79 Å². The smallest absolute Gasteiger partial charge is 0.347 e. The second kappa shape index (κ2) is 9.55. The third-order valence-corrected chi connectivity index (χ3v) is 5.35. The van der Waals surface area contributed by atoms with Crippen molar-refractivity contribution in [2.45, 2.75) is 19.3 Å². The molecule has 1 aromatic heterocycles. The summed E-state index contributed by atoms with van der Waals surface area (Å²) in [6, 6.07) is 16.3. The van der Waals surface area contributed by atoms with Gasteiger partial charge in [0.2, 0.25) is 0 Å². The van der Waals surface area contributed by atoms with Crippen LogP contribution in [0.15, 0.2) is 69.9 Å². The number of fused-ring (bicyclic) bond motifs is 1. The van der Waals surface area contributed by atoms with E-state index in [4.69, 9.17) is 9.15 Å². The fraction of sp³-hybridized carbons (Fsp3) is 0.280. The van der Waals surface area contributed by atoms with E-state index in [0.29, 0.717) is 12.2 Å². The van der Waals surface area contributed by atoms with Crippen molar-refractivity contribution in [2.24, 2.45) is 0 Å². The molecule has 1 fully saturated rings. The average Bonchev–Trinajstić information content (AvgIpc) is 2.78. The van der Waals surface area contributed by atoms with E-state index < -0.39 is 11.4 Å². The molecular weight excluding hydrogens is 378 g/mol. The fourth-order valence-electron chi connectivity index (χ4n) is 3.71. The van der Waals surface area contributed by atoms with Crippen LogP contribution in [0.5, 0.6) is 5.75 Å². The molecule has 1 aliphatic heterocycles. The van der Waals surface area contributed by atoms with Gasteiger partial charge in [-0.1, -0.05) is 42.8 Å². The van der Waals surface area contributed by atoms with Gasteiger partial charge in [-0.2, -0.15) is 0 Å². The Morgan fingerprint density at radius 2 is 1.80 bits per heavy atom. The maximum Gasteiger partial charge on any atom is 0.347 e. The summed E-state index contributed by atoms with van der Waals surface area (Å²) in [6.07, 6.45) is 6.91. The number of para-hydroxylation sites is 2. The van der Waals surface area contributed by atoms with Crippen molar-refractivity contribution in [3.8, 4) is 5.75 Å². The molecule has 3 aromatic rings. The summed E-state index contributed by atoms with van der Waals surface area (Å²) < 4.78 is 11.2. The molecule has 5 nitrogen and oxygen atoms in total. The zero-order valence-corrected chi connectivity index (χ0v) is 16.9. The van der Waals surface area contributed by atoms with Crippen LogP contribution in [0, 0.1) is 0 Å². The lowest BCUT2D eigenvalue weighted by Crippen LogP contribution is -2.33. The Balaban J connectivity index is 1.45. The number of nitrogens with zero attached hydrogens (tertiary/aromatic N) is 1. The number of hydrogen-bond acceptors (Lipinski definition) is 5. The normalized spacial score (nSPS) is 14.9. The van der Waals surface area contributed by atoms with Crippen molar-refractivity contribution in [2.75, 3.05) is 26.2 Å². The van der Waals surface area contributed by atoms with Crippen LogP contribution >= 0.6 is 0 Å². The number of carbonyl (C=O) groups is 1. The van der Waals surface area contributed by atoms with Crippen molar-refractivity contribution in [3.05, 3.63) is 82.2 Å². The van der Waals surface area contributed by atoms with Gasteiger partial charge in [0.25, 0.3) is 0 Å². The molecule has 0 atom stereocenters. The maximum absolute atomic E-state index is 12.6. The molecule has 0 N–H and O–H groups in total. The highest BCUT2D eigenvalue weighted by Crippen LogP contribution is 2.20. The SMILES string of the molecule is O=C(/C=C/c1ccccc1OCCN1CCCCC1)c1cc2ccccc2oc1=O. The third-order valence-electron chi connectivity index (χ3n) is 5.35. The minimum atomic E-state index is -0.630. The molecule has 0 unspecified atom stereocenters. The van der Waals surface area contributed by atoms with Crippen molar-refractivity contribution in [1.82, 2.24) is 4.90 Å². The number of rotatable bonds is 7. The number of ketones is 1. The molecule has 1 aliphatic rings. The standard InChI is InChI=1S/C25H25NO4/c27-22(21-18-20-9-3-5-11-24(20)30-25(21)28)13-12-19-8-2-4-10-23(19)29-17-16-26-14-6-1-7-15-26/h2-5,8-13,18H,1,6-7,14-17H2/b13-12+. The Morgan fingerprint density at radius 1 is 1.03 bits per heavy atom. The van der Waals surface area contributed by atoms with E-state index >= 15 is 0 Å². The third kappa shape index (κ3) is 4.86. The Labute approximate surface area is 175 Å². The first-order valence-corrected chi connectivity index (χ1v) is 10.4. The predicted molar refractivity (Wildman–Crippen MR) is 118 cm³/mol. The summed E-state index contributed by atoms with van der Waals surface area (Å²) in [6.45, 7) is 3.77. The predicted octanol–water partition coefficient (Wildman–Crippen LogP) is 4.55. The molecule has 0 saturated carbocycles.